The van der Waals surface area contributed by atoms with E-state index in [4.69, 9.17) is 15.2 Å². The highest BCUT2D eigenvalue weighted by atomic mass is 32.2. The van der Waals surface area contributed by atoms with Gasteiger partial charge in [0, 0.05) is 6.42 Å². The molecule has 3 atom stereocenters. The van der Waals surface area contributed by atoms with Crippen molar-refractivity contribution in [3.8, 4) is 0 Å². The number of nitrogens with two attached hydrogens (primary N) is 1. The number of hydrogen-bond acceptors (Lipinski definition) is 8. The number of rotatable bonds is 7. The van der Waals surface area contributed by atoms with Crippen molar-refractivity contribution in [3.05, 3.63) is 0 Å². The van der Waals surface area contributed by atoms with Crippen LogP contribution in [0.4, 0.5) is 0 Å². The Morgan fingerprint density at radius 3 is 2.48 bits per heavy atom. The van der Waals surface area contributed by atoms with Crippen LogP contribution in [-0.2, 0) is 33.7 Å². The van der Waals surface area contributed by atoms with Crippen molar-refractivity contribution in [2.24, 2.45) is 5.73 Å². The molecule has 142 valence electrons. The SMILES string of the molecule is CCCCCC(=O)OCOC(=O)[C@@H]1N2C(=O)[C@@H](N)[C@H]2S(=O)(=O)C1(C)C. The van der Waals surface area contributed by atoms with E-state index in [0.29, 0.717) is 6.42 Å². The molecule has 0 unspecified atom stereocenters. The summed E-state index contributed by atoms with van der Waals surface area (Å²) in [6.45, 7) is 4.09. The first kappa shape index (κ1) is 19.6. The third-order valence-corrected chi connectivity index (χ3v) is 7.58. The van der Waals surface area contributed by atoms with Gasteiger partial charge in [0.2, 0.25) is 12.7 Å². The molecule has 2 saturated heterocycles. The number of sulfone groups is 1. The summed E-state index contributed by atoms with van der Waals surface area (Å²) in [4.78, 5) is 36.7. The normalized spacial score (nSPS) is 28.9. The van der Waals surface area contributed by atoms with Crippen LogP contribution >= 0.6 is 0 Å². The first-order valence-electron chi connectivity index (χ1n) is 8.20. The van der Waals surface area contributed by atoms with Crippen molar-refractivity contribution in [2.75, 3.05) is 6.79 Å². The van der Waals surface area contributed by atoms with Gasteiger partial charge in [0.25, 0.3) is 0 Å². The first-order chi connectivity index (χ1) is 11.6. The Kier molecular flexibility index (Phi) is 5.43. The molecule has 0 aliphatic carbocycles. The monoisotopic (exact) mass is 376 g/mol. The number of unbranched alkanes of at least 4 members (excludes halogenated alkanes) is 2. The van der Waals surface area contributed by atoms with E-state index in [2.05, 4.69) is 0 Å². The Labute approximate surface area is 146 Å². The standard InChI is InChI=1S/C15H24N2O7S/c1-4-5-6-7-9(18)23-8-24-14(20)11-15(2,3)25(21,22)13-10(16)12(19)17(11)13/h10-11,13H,4-8,16H2,1-3H3/t10-,11+,13-/m1/s1. The van der Waals surface area contributed by atoms with Crippen LogP contribution in [0.2, 0.25) is 0 Å². The first-order valence-corrected chi connectivity index (χ1v) is 9.75. The van der Waals surface area contributed by atoms with Gasteiger partial charge in [-0.15, -0.1) is 0 Å². The summed E-state index contributed by atoms with van der Waals surface area (Å²) in [7, 11) is -3.83. The maximum absolute atomic E-state index is 12.5. The van der Waals surface area contributed by atoms with Gasteiger partial charge in [-0.05, 0) is 20.3 Å². The minimum atomic E-state index is -3.83. The van der Waals surface area contributed by atoms with E-state index < -0.39 is 56.7 Å². The molecule has 2 heterocycles. The highest BCUT2D eigenvalue weighted by Crippen LogP contribution is 2.45. The molecule has 1 amide bonds. The molecule has 2 aliphatic heterocycles. The van der Waals surface area contributed by atoms with E-state index in [9.17, 15) is 22.8 Å². The van der Waals surface area contributed by atoms with Gasteiger partial charge in [0.05, 0.1) is 0 Å². The summed E-state index contributed by atoms with van der Waals surface area (Å²) in [6.07, 6.45) is 2.75. The van der Waals surface area contributed by atoms with Gasteiger partial charge in [0.1, 0.15) is 16.8 Å². The summed E-state index contributed by atoms with van der Waals surface area (Å²) in [5, 5.41) is -1.22. The largest absolute Gasteiger partial charge is 0.428 e. The predicted octanol–water partition coefficient (Wildman–Crippen LogP) is -0.318. The third-order valence-electron chi connectivity index (χ3n) is 4.74. The van der Waals surface area contributed by atoms with E-state index in [1.54, 1.807) is 0 Å². The molecule has 0 saturated carbocycles. The molecule has 0 bridgehead atoms. The van der Waals surface area contributed by atoms with Crippen LogP contribution in [0.15, 0.2) is 0 Å². The number of carbonyl (C=O) groups is 3. The summed E-state index contributed by atoms with van der Waals surface area (Å²) in [5.41, 5.74) is 5.57. The minimum absolute atomic E-state index is 0.218. The number of fused-ring (bicyclic) bond motifs is 1. The number of amides is 1. The number of carbonyl (C=O) groups excluding carboxylic acids is 3. The maximum Gasteiger partial charge on any atom is 0.333 e. The summed E-state index contributed by atoms with van der Waals surface area (Å²) < 4.78 is 33.2. The summed E-state index contributed by atoms with van der Waals surface area (Å²) in [5.74, 6) is -2.05. The van der Waals surface area contributed by atoms with Crippen LogP contribution in [0.5, 0.6) is 0 Å². The average Bonchev–Trinajstić information content (AvgIpc) is 2.68. The van der Waals surface area contributed by atoms with Crippen molar-refractivity contribution in [1.82, 2.24) is 4.90 Å². The molecule has 25 heavy (non-hydrogen) atoms. The number of esters is 2. The molecule has 9 nitrogen and oxygen atoms in total. The Morgan fingerprint density at radius 2 is 1.88 bits per heavy atom. The lowest BCUT2D eigenvalue weighted by atomic mass is 9.96. The van der Waals surface area contributed by atoms with Gasteiger partial charge >= 0.3 is 11.9 Å². The topological polar surface area (TPSA) is 133 Å². The fourth-order valence-electron chi connectivity index (χ4n) is 3.15. The Hall–Kier alpha value is -1.68. The van der Waals surface area contributed by atoms with Crippen LogP contribution in [0.3, 0.4) is 0 Å². The Morgan fingerprint density at radius 1 is 1.24 bits per heavy atom. The van der Waals surface area contributed by atoms with Crippen LogP contribution < -0.4 is 5.73 Å². The molecule has 0 aromatic carbocycles. The van der Waals surface area contributed by atoms with Crippen LogP contribution in [0.25, 0.3) is 0 Å². The molecule has 2 fully saturated rings. The third kappa shape index (κ3) is 3.12. The number of hydrogen-bond donors (Lipinski definition) is 1. The fourth-order valence-corrected chi connectivity index (χ4v) is 5.32. The lowest BCUT2D eigenvalue weighted by Gasteiger charge is -2.40. The maximum atomic E-state index is 12.5. The molecule has 2 rings (SSSR count). The van der Waals surface area contributed by atoms with Gasteiger partial charge < -0.3 is 20.1 Å². The van der Waals surface area contributed by atoms with E-state index >= 15 is 0 Å². The van der Waals surface area contributed by atoms with Crippen molar-refractivity contribution < 1.29 is 32.3 Å². The molecular weight excluding hydrogens is 352 g/mol. The van der Waals surface area contributed by atoms with Crippen LogP contribution in [0.1, 0.15) is 46.5 Å². The van der Waals surface area contributed by atoms with Gasteiger partial charge in [-0.2, -0.15) is 0 Å². The number of ether oxygens (including phenoxy) is 2. The lowest BCUT2D eigenvalue weighted by molar-refractivity contribution is -0.176. The van der Waals surface area contributed by atoms with E-state index in [1.165, 1.54) is 13.8 Å². The molecule has 2 aliphatic rings. The zero-order chi connectivity index (χ0) is 19.0. The molecule has 0 aromatic rings. The van der Waals surface area contributed by atoms with E-state index in [0.717, 1.165) is 17.7 Å². The minimum Gasteiger partial charge on any atom is -0.428 e. The molecule has 0 radical (unpaired) electrons. The van der Waals surface area contributed by atoms with Gasteiger partial charge in [-0.25, -0.2) is 13.2 Å². The molecule has 10 heteroatoms. The second kappa shape index (κ2) is 6.91. The zero-order valence-corrected chi connectivity index (χ0v) is 15.4. The predicted molar refractivity (Wildman–Crippen MR) is 86.6 cm³/mol. The van der Waals surface area contributed by atoms with Crippen molar-refractivity contribution in [1.29, 1.82) is 0 Å². The summed E-state index contributed by atoms with van der Waals surface area (Å²) in [6, 6.07) is -2.48. The fraction of sp³-hybridized carbons (Fsp3) is 0.800. The Bertz CT molecular complexity index is 673. The lowest BCUT2D eigenvalue weighted by Crippen LogP contribution is -2.70. The van der Waals surface area contributed by atoms with Crippen molar-refractivity contribution in [2.45, 2.75) is 68.7 Å². The second-order valence-corrected chi connectivity index (χ2v) is 9.39. The van der Waals surface area contributed by atoms with Gasteiger partial charge in [0.15, 0.2) is 15.2 Å². The molecule has 2 N–H and O–H groups in total. The zero-order valence-electron chi connectivity index (χ0n) is 14.6. The molecule has 0 spiro atoms. The molecular formula is C15H24N2O7S. The van der Waals surface area contributed by atoms with Gasteiger partial charge in [-0.3, -0.25) is 9.59 Å². The molecule has 0 aromatic heterocycles. The number of nitrogens with zero attached hydrogens (tertiary/aromatic N) is 1. The van der Waals surface area contributed by atoms with Gasteiger partial charge in [-0.1, -0.05) is 19.8 Å². The highest BCUT2D eigenvalue weighted by molar-refractivity contribution is 7.94. The second-order valence-electron chi connectivity index (χ2n) is 6.77. The van der Waals surface area contributed by atoms with Crippen LogP contribution in [0, 0.1) is 0 Å². The van der Waals surface area contributed by atoms with Crippen molar-refractivity contribution in [3.63, 3.8) is 0 Å². The quantitative estimate of drug-likeness (QED) is 0.277. The summed E-state index contributed by atoms with van der Waals surface area (Å²) >= 11 is 0. The van der Waals surface area contributed by atoms with Crippen molar-refractivity contribution >= 4 is 27.7 Å². The smallest absolute Gasteiger partial charge is 0.333 e. The van der Waals surface area contributed by atoms with E-state index in [-0.39, 0.29) is 6.42 Å². The highest BCUT2D eigenvalue weighted by Gasteiger charge is 2.71. The average molecular weight is 376 g/mol. The van der Waals surface area contributed by atoms with Crippen LogP contribution in [-0.4, -0.2) is 60.2 Å². The number of β-lactam (4-membered cyclic amide) rings is 1. The Balaban J connectivity index is 1.97. The van der Waals surface area contributed by atoms with E-state index in [1.807, 2.05) is 6.92 Å².